The molecule has 7 heteroatoms. The molecule has 0 aliphatic carbocycles. The van der Waals surface area contributed by atoms with Gasteiger partial charge >= 0.3 is 0 Å². The number of nitrogens with one attached hydrogen (secondary N) is 2. The molecule has 2 N–H and O–H groups in total. The van der Waals surface area contributed by atoms with Gasteiger partial charge in [0.1, 0.15) is 5.69 Å². The van der Waals surface area contributed by atoms with Gasteiger partial charge in [-0.25, -0.2) is 0 Å². The van der Waals surface area contributed by atoms with E-state index in [0.29, 0.717) is 24.7 Å². The first-order valence-electron chi connectivity index (χ1n) is 8.85. The number of rotatable bonds is 4. The maximum Gasteiger partial charge on any atom is 0.272 e. The van der Waals surface area contributed by atoms with Gasteiger partial charge in [-0.2, -0.15) is 5.10 Å². The molecule has 3 rings (SSSR count). The van der Waals surface area contributed by atoms with Crippen LogP contribution in [0.3, 0.4) is 0 Å². The molecule has 0 saturated carbocycles. The molecule has 0 spiro atoms. The molecule has 0 radical (unpaired) electrons. The molecular formula is C17H27N5O2. The highest BCUT2D eigenvalue weighted by Crippen LogP contribution is 2.18. The van der Waals surface area contributed by atoms with E-state index in [0.717, 1.165) is 44.5 Å². The molecule has 2 unspecified atom stereocenters. The molecule has 1 aromatic rings. The van der Waals surface area contributed by atoms with E-state index in [-0.39, 0.29) is 17.9 Å². The second-order valence-electron chi connectivity index (χ2n) is 6.95. The van der Waals surface area contributed by atoms with Crippen molar-refractivity contribution in [1.29, 1.82) is 0 Å². The molecule has 2 aliphatic heterocycles. The van der Waals surface area contributed by atoms with E-state index in [1.807, 2.05) is 17.9 Å². The maximum absolute atomic E-state index is 12.7. The predicted octanol–water partition coefficient (Wildman–Crippen LogP) is 0.449. The van der Waals surface area contributed by atoms with Crippen molar-refractivity contribution in [2.24, 2.45) is 13.0 Å². The summed E-state index contributed by atoms with van der Waals surface area (Å²) in [5.74, 6) is 0.451. The average Bonchev–Trinajstić information content (AvgIpc) is 3.22. The molecule has 2 saturated heterocycles. The van der Waals surface area contributed by atoms with Crippen LogP contribution in [0.1, 0.15) is 41.9 Å². The zero-order valence-corrected chi connectivity index (χ0v) is 14.5. The van der Waals surface area contributed by atoms with Crippen molar-refractivity contribution in [2.75, 3.05) is 26.2 Å². The Balaban J connectivity index is 1.53. The van der Waals surface area contributed by atoms with Gasteiger partial charge in [-0.05, 0) is 51.1 Å². The van der Waals surface area contributed by atoms with E-state index in [1.54, 1.807) is 11.7 Å². The number of carbonyl (C=O) groups is 2. The Bertz CT molecular complexity index is 606. The summed E-state index contributed by atoms with van der Waals surface area (Å²) in [4.78, 5) is 26.7. The lowest BCUT2D eigenvalue weighted by Crippen LogP contribution is -2.47. The zero-order valence-electron chi connectivity index (χ0n) is 14.5. The van der Waals surface area contributed by atoms with Gasteiger partial charge in [-0.1, -0.05) is 0 Å². The molecule has 1 aromatic heterocycles. The standard InChI is InChI=1S/C17H27N5O2/c1-12-9-15(21(2)20-12)17(24)22-8-4-5-13(11-22)10-19-16(23)14-6-3-7-18-14/h9,13-14,18H,3-8,10-11H2,1-2H3,(H,19,23). The van der Waals surface area contributed by atoms with E-state index in [9.17, 15) is 9.59 Å². The first-order chi connectivity index (χ1) is 11.5. The molecule has 3 heterocycles. The number of aromatic nitrogens is 2. The molecule has 2 atom stereocenters. The Hall–Kier alpha value is -1.89. The number of aryl methyl sites for hydroxylation is 2. The second-order valence-corrected chi connectivity index (χ2v) is 6.95. The number of likely N-dealkylation sites (tertiary alicyclic amines) is 1. The van der Waals surface area contributed by atoms with Crippen molar-refractivity contribution in [1.82, 2.24) is 25.3 Å². The van der Waals surface area contributed by atoms with E-state index in [4.69, 9.17) is 0 Å². The van der Waals surface area contributed by atoms with E-state index >= 15 is 0 Å². The lowest BCUT2D eigenvalue weighted by atomic mass is 9.97. The molecule has 24 heavy (non-hydrogen) atoms. The van der Waals surface area contributed by atoms with Crippen LogP contribution in [0.2, 0.25) is 0 Å². The Morgan fingerprint density at radius 3 is 2.88 bits per heavy atom. The molecule has 0 bridgehead atoms. The minimum Gasteiger partial charge on any atom is -0.354 e. The molecule has 7 nitrogen and oxygen atoms in total. The molecule has 0 aromatic carbocycles. The van der Waals surface area contributed by atoms with Crippen molar-refractivity contribution in [3.8, 4) is 0 Å². The third-order valence-electron chi connectivity index (χ3n) is 4.97. The summed E-state index contributed by atoms with van der Waals surface area (Å²) < 4.78 is 1.65. The summed E-state index contributed by atoms with van der Waals surface area (Å²) in [5.41, 5.74) is 1.48. The monoisotopic (exact) mass is 333 g/mol. The summed E-state index contributed by atoms with van der Waals surface area (Å²) in [6.07, 6.45) is 4.01. The Labute approximate surface area is 142 Å². The van der Waals surface area contributed by atoms with E-state index in [1.165, 1.54) is 0 Å². The third-order valence-corrected chi connectivity index (χ3v) is 4.97. The number of nitrogens with zero attached hydrogens (tertiary/aromatic N) is 3. The quantitative estimate of drug-likeness (QED) is 0.838. The second kappa shape index (κ2) is 7.34. The van der Waals surface area contributed by atoms with Crippen molar-refractivity contribution < 1.29 is 9.59 Å². The SMILES string of the molecule is Cc1cc(C(=O)N2CCCC(CNC(=O)C3CCCN3)C2)n(C)n1. The number of carbonyl (C=O) groups excluding carboxylic acids is 2. The van der Waals surface area contributed by atoms with Gasteiger partial charge in [-0.3, -0.25) is 14.3 Å². The first-order valence-corrected chi connectivity index (χ1v) is 8.85. The lowest BCUT2D eigenvalue weighted by Gasteiger charge is -2.33. The van der Waals surface area contributed by atoms with Crippen LogP contribution in [0.15, 0.2) is 6.07 Å². The molecular weight excluding hydrogens is 306 g/mol. The highest BCUT2D eigenvalue weighted by Gasteiger charge is 2.28. The van der Waals surface area contributed by atoms with Crippen molar-refractivity contribution >= 4 is 11.8 Å². The van der Waals surface area contributed by atoms with Gasteiger partial charge in [0.05, 0.1) is 11.7 Å². The Morgan fingerprint density at radius 2 is 2.21 bits per heavy atom. The fourth-order valence-electron chi connectivity index (χ4n) is 3.67. The lowest BCUT2D eigenvalue weighted by molar-refractivity contribution is -0.123. The predicted molar refractivity (Wildman–Crippen MR) is 90.6 cm³/mol. The fraction of sp³-hybridized carbons (Fsp3) is 0.706. The van der Waals surface area contributed by atoms with Crippen LogP contribution in [0, 0.1) is 12.8 Å². The number of amides is 2. The highest BCUT2D eigenvalue weighted by atomic mass is 16.2. The number of hydrogen-bond acceptors (Lipinski definition) is 4. The van der Waals surface area contributed by atoms with Crippen LogP contribution < -0.4 is 10.6 Å². The van der Waals surface area contributed by atoms with Crippen LogP contribution in [0.5, 0.6) is 0 Å². The largest absolute Gasteiger partial charge is 0.354 e. The first kappa shape index (κ1) is 17.0. The van der Waals surface area contributed by atoms with Crippen LogP contribution in [-0.2, 0) is 11.8 Å². The van der Waals surface area contributed by atoms with Crippen molar-refractivity contribution in [3.05, 3.63) is 17.5 Å². The van der Waals surface area contributed by atoms with Crippen LogP contribution in [0.4, 0.5) is 0 Å². The van der Waals surface area contributed by atoms with E-state index < -0.39 is 0 Å². The Kier molecular flexibility index (Phi) is 5.18. The normalized spacial score (nSPS) is 24.2. The van der Waals surface area contributed by atoms with Gasteiger partial charge in [-0.15, -0.1) is 0 Å². The van der Waals surface area contributed by atoms with Crippen molar-refractivity contribution in [2.45, 2.75) is 38.6 Å². The van der Waals surface area contributed by atoms with Gasteiger partial charge in [0.25, 0.3) is 5.91 Å². The molecule has 2 amide bonds. The number of piperidine rings is 1. The van der Waals surface area contributed by atoms with Crippen molar-refractivity contribution in [3.63, 3.8) is 0 Å². The topological polar surface area (TPSA) is 79.3 Å². The minimum absolute atomic E-state index is 0.0339. The van der Waals surface area contributed by atoms with Crippen LogP contribution >= 0.6 is 0 Å². The third kappa shape index (κ3) is 3.77. The molecule has 2 fully saturated rings. The van der Waals surface area contributed by atoms with Gasteiger partial charge in [0.2, 0.25) is 5.91 Å². The zero-order chi connectivity index (χ0) is 17.1. The summed E-state index contributed by atoms with van der Waals surface area (Å²) >= 11 is 0. The average molecular weight is 333 g/mol. The number of hydrogen-bond donors (Lipinski definition) is 2. The fourth-order valence-corrected chi connectivity index (χ4v) is 3.67. The highest BCUT2D eigenvalue weighted by molar-refractivity contribution is 5.92. The van der Waals surface area contributed by atoms with Gasteiger partial charge in [0.15, 0.2) is 0 Å². The minimum atomic E-state index is -0.0382. The summed E-state index contributed by atoms with van der Waals surface area (Å²) in [6, 6.07) is 1.79. The van der Waals surface area contributed by atoms with Crippen LogP contribution in [0.25, 0.3) is 0 Å². The summed E-state index contributed by atoms with van der Waals surface area (Å²) in [6.45, 7) is 4.93. The summed E-state index contributed by atoms with van der Waals surface area (Å²) in [5, 5.41) is 10.5. The van der Waals surface area contributed by atoms with Crippen LogP contribution in [-0.4, -0.2) is 58.7 Å². The van der Waals surface area contributed by atoms with E-state index in [2.05, 4.69) is 15.7 Å². The maximum atomic E-state index is 12.7. The Morgan fingerprint density at radius 1 is 1.38 bits per heavy atom. The molecule has 2 aliphatic rings. The summed E-state index contributed by atoms with van der Waals surface area (Å²) in [7, 11) is 1.80. The molecule has 132 valence electrons. The van der Waals surface area contributed by atoms with Gasteiger partial charge < -0.3 is 15.5 Å². The smallest absolute Gasteiger partial charge is 0.272 e. The van der Waals surface area contributed by atoms with Gasteiger partial charge in [0, 0.05) is 26.7 Å².